The molecule has 4 saturated carbocycles. The molecule has 1 aromatic rings. The molecular weight excluding hydrogens is 594 g/mol. The summed E-state index contributed by atoms with van der Waals surface area (Å²) in [5.41, 5.74) is 2.60. The van der Waals surface area contributed by atoms with Gasteiger partial charge in [0, 0.05) is 17.6 Å². The predicted octanol–water partition coefficient (Wildman–Crippen LogP) is 4.00. The van der Waals surface area contributed by atoms with Crippen LogP contribution in [0.5, 0.6) is 0 Å². The molecular formula is C39H63N9. The fraction of sp³-hybridized carbons (Fsp3) is 0.846. The van der Waals surface area contributed by atoms with Crippen molar-refractivity contribution in [1.29, 1.82) is 0 Å². The smallest absolute Gasteiger partial charge is 0.0648 e. The molecule has 0 radical (unpaired) electrons. The van der Waals surface area contributed by atoms with Crippen LogP contribution in [-0.4, -0.2) is 55.4 Å². The molecule has 5 saturated heterocycles. The van der Waals surface area contributed by atoms with E-state index in [-0.39, 0.29) is 6.17 Å². The molecule has 9 aliphatic rings. The normalized spacial score (nSPS) is 51.4. The predicted molar refractivity (Wildman–Crippen MR) is 191 cm³/mol. The molecule has 9 heteroatoms. The number of hydrogen-bond acceptors (Lipinski definition) is 9. The van der Waals surface area contributed by atoms with Crippen LogP contribution < -0.4 is 47.9 Å². The lowest BCUT2D eigenvalue weighted by Gasteiger charge is -2.40. The molecule has 264 valence electrons. The minimum Gasteiger partial charge on any atom is -0.382 e. The third-order valence-corrected chi connectivity index (χ3v) is 15.3. The zero-order valence-electron chi connectivity index (χ0n) is 29.2. The summed E-state index contributed by atoms with van der Waals surface area (Å²) in [7, 11) is 0. The number of fused-ring (bicyclic) bond motifs is 20. The zero-order chi connectivity index (χ0) is 31.8. The van der Waals surface area contributed by atoms with Gasteiger partial charge in [-0.25, -0.2) is 0 Å². The first-order valence-corrected chi connectivity index (χ1v) is 20.6. The lowest BCUT2D eigenvalue weighted by Crippen LogP contribution is -2.62. The topological polar surface area (TPSA) is 108 Å². The molecule has 5 aliphatic heterocycles. The molecule has 9 N–H and O–H groups in total. The second kappa shape index (κ2) is 13.0. The van der Waals surface area contributed by atoms with Crippen molar-refractivity contribution >= 4 is 5.69 Å². The molecule has 8 bridgehead atoms. The Kier molecular flexibility index (Phi) is 8.54. The van der Waals surface area contributed by atoms with Gasteiger partial charge in [0.15, 0.2) is 0 Å². The molecule has 9 nitrogen and oxygen atoms in total. The van der Waals surface area contributed by atoms with Crippen LogP contribution >= 0.6 is 0 Å². The summed E-state index contributed by atoms with van der Waals surface area (Å²) in [5, 5.41) is 38.3. The van der Waals surface area contributed by atoms with Crippen molar-refractivity contribution in [2.45, 2.75) is 159 Å². The van der Waals surface area contributed by atoms with Gasteiger partial charge in [0.1, 0.15) is 0 Å². The van der Waals surface area contributed by atoms with Gasteiger partial charge in [-0.3, -0.25) is 42.5 Å². The Balaban J connectivity index is 0.990. The second-order valence-electron chi connectivity index (χ2n) is 17.8. The molecule has 0 spiro atoms. The van der Waals surface area contributed by atoms with Crippen LogP contribution in [-0.2, 0) is 0 Å². The number of hydrogen-bond donors (Lipinski definition) is 9. The Bertz CT molecular complexity index is 1270. The summed E-state index contributed by atoms with van der Waals surface area (Å²) in [6, 6.07) is 9.56. The number of nitrogens with one attached hydrogen (secondary N) is 9. The fourth-order valence-corrected chi connectivity index (χ4v) is 13.1. The zero-order valence-corrected chi connectivity index (χ0v) is 29.2. The average molecular weight is 658 g/mol. The van der Waals surface area contributed by atoms with E-state index in [2.05, 4.69) is 79.0 Å². The summed E-state index contributed by atoms with van der Waals surface area (Å²) in [4.78, 5) is 0. The molecule has 1 aromatic carbocycles. The molecule has 5 heterocycles. The number of rotatable bonds is 2. The molecule has 10 rings (SSSR count). The minimum atomic E-state index is 0.275. The van der Waals surface area contributed by atoms with Gasteiger partial charge in [-0.1, -0.05) is 62.6 Å². The third-order valence-electron chi connectivity index (χ3n) is 15.3. The van der Waals surface area contributed by atoms with E-state index < -0.39 is 0 Å². The van der Waals surface area contributed by atoms with Gasteiger partial charge in [-0.05, 0) is 112 Å². The molecule has 4 aliphatic carbocycles. The van der Waals surface area contributed by atoms with Gasteiger partial charge in [0.25, 0.3) is 0 Å². The van der Waals surface area contributed by atoms with E-state index in [1.807, 2.05) is 0 Å². The average Bonchev–Trinajstić information content (AvgIpc) is 3.85. The Hall–Kier alpha value is -1.30. The number of aryl methyl sites for hydroxylation is 1. The van der Waals surface area contributed by atoms with E-state index in [1.165, 1.54) is 108 Å². The van der Waals surface area contributed by atoms with Gasteiger partial charge in [0.05, 0.1) is 49.3 Å². The van der Waals surface area contributed by atoms with Crippen molar-refractivity contribution in [3.63, 3.8) is 0 Å². The maximum Gasteiger partial charge on any atom is 0.0648 e. The van der Waals surface area contributed by atoms with Crippen LogP contribution in [0.2, 0.25) is 0 Å². The van der Waals surface area contributed by atoms with Crippen LogP contribution in [0.25, 0.3) is 0 Å². The monoisotopic (exact) mass is 658 g/mol. The van der Waals surface area contributed by atoms with Crippen LogP contribution in [0, 0.1) is 54.3 Å². The minimum absolute atomic E-state index is 0.275. The molecule has 0 amide bonds. The summed E-state index contributed by atoms with van der Waals surface area (Å²) >= 11 is 0. The lowest BCUT2D eigenvalue weighted by atomic mass is 9.74. The highest BCUT2D eigenvalue weighted by atomic mass is 15.4. The van der Waals surface area contributed by atoms with Crippen molar-refractivity contribution in [3.05, 3.63) is 29.8 Å². The van der Waals surface area contributed by atoms with E-state index in [0.29, 0.717) is 84.7 Å². The molecule has 17 unspecified atom stereocenters. The molecule has 17 atom stereocenters. The maximum absolute atomic E-state index is 4.35. The van der Waals surface area contributed by atoms with Crippen molar-refractivity contribution in [2.24, 2.45) is 47.3 Å². The number of benzene rings is 1. The largest absolute Gasteiger partial charge is 0.382 e. The third kappa shape index (κ3) is 5.58. The van der Waals surface area contributed by atoms with Gasteiger partial charge in [0.2, 0.25) is 0 Å². The Morgan fingerprint density at radius 1 is 0.396 bits per heavy atom. The highest BCUT2D eigenvalue weighted by Crippen LogP contribution is 2.46. The summed E-state index contributed by atoms with van der Waals surface area (Å²) in [5.74, 6) is 5.35. The SMILES string of the molecule is Cc1ccc(NC2CCCC3C4NC5NC(NC6NC(NC7NC(NC(N4)C23)C2CCCCC72)C2CCCCC62)C2CCCCC52)cc1. The fourth-order valence-electron chi connectivity index (χ4n) is 13.1. The van der Waals surface area contributed by atoms with E-state index in [1.54, 1.807) is 0 Å². The van der Waals surface area contributed by atoms with E-state index in [0.717, 1.165) is 11.8 Å². The van der Waals surface area contributed by atoms with Crippen LogP contribution in [0.3, 0.4) is 0 Å². The van der Waals surface area contributed by atoms with Crippen molar-refractivity contribution in [2.75, 3.05) is 5.32 Å². The van der Waals surface area contributed by atoms with E-state index in [4.69, 9.17) is 0 Å². The Labute approximate surface area is 288 Å². The van der Waals surface area contributed by atoms with Gasteiger partial charge in [-0.2, -0.15) is 0 Å². The maximum atomic E-state index is 4.35. The second-order valence-corrected chi connectivity index (χ2v) is 17.8. The van der Waals surface area contributed by atoms with Crippen LogP contribution in [0.1, 0.15) is 102 Å². The van der Waals surface area contributed by atoms with E-state index >= 15 is 0 Å². The van der Waals surface area contributed by atoms with E-state index in [9.17, 15) is 0 Å². The number of anilines is 1. The van der Waals surface area contributed by atoms with Crippen LogP contribution in [0.15, 0.2) is 24.3 Å². The lowest BCUT2D eigenvalue weighted by molar-refractivity contribution is 0.162. The summed E-state index contributed by atoms with van der Waals surface area (Å²) in [6.45, 7) is 2.19. The van der Waals surface area contributed by atoms with Gasteiger partial charge >= 0.3 is 0 Å². The van der Waals surface area contributed by atoms with Crippen molar-refractivity contribution in [1.82, 2.24) is 42.5 Å². The van der Waals surface area contributed by atoms with Crippen molar-refractivity contribution < 1.29 is 0 Å². The van der Waals surface area contributed by atoms with Gasteiger partial charge < -0.3 is 5.32 Å². The first kappa shape index (κ1) is 31.4. The first-order valence-electron chi connectivity index (χ1n) is 20.6. The molecule has 48 heavy (non-hydrogen) atoms. The molecule has 0 aromatic heterocycles. The first-order chi connectivity index (χ1) is 23.7. The highest BCUT2D eigenvalue weighted by Gasteiger charge is 2.55. The summed E-state index contributed by atoms with van der Waals surface area (Å²) in [6.07, 6.45) is 23.0. The van der Waals surface area contributed by atoms with Gasteiger partial charge in [-0.15, -0.1) is 0 Å². The van der Waals surface area contributed by atoms with Crippen molar-refractivity contribution in [3.8, 4) is 0 Å². The Morgan fingerprint density at radius 3 is 1.12 bits per heavy atom. The quantitative estimate of drug-likeness (QED) is 0.233. The van der Waals surface area contributed by atoms with Crippen LogP contribution in [0.4, 0.5) is 5.69 Å². The highest BCUT2D eigenvalue weighted by molar-refractivity contribution is 5.45. The standard InChI is InChI=1S/C39H63N9/c1-21-17-19-22(20-18-21)40-30-16-8-15-29-31(30)39-47-37-28-14-7-6-13-27(28)35(45-37)43-33-24-10-3-2-9-23(24)32(41-33)42-34-25-11-4-5-12-26(25)36(44-34)46-38(29)48-39/h17-20,23-48H,2-16H2,1H3. The molecule has 9 fully saturated rings. The summed E-state index contributed by atoms with van der Waals surface area (Å²) < 4.78 is 0. The Morgan fingerprint density at radius 2 is 0.729 bits per heavy atom.